The molecule has 0 saturated carbocycles. The summed E-state index contributed by atoms with van der Waals surface area (Å²) < 4.78 is 14.7. The SMILES string of the molecule is COC(=O)CC1=C(C(=O)OC)C(c2ccsc2)C(C#N)=C(N)O1. The van der Waals surface area contributed by atoms with Gasteiger partial charge in [-0.25, -0.2) is 4.79 Å². The molecule has 0 aliphatic carbocycles. The Morgan fingerprint density at radius 2 is 2.17 bits per heavy atom. The normalized spacial score (nSPS) is 17.3. The van der Waals surface area contributed by atoms with E-state index in [1.165, 1.54) is 25.6 Å². The molecule has 2 N–H and O–H groups in total. The van der Waals surface area contributed by atoms with Gasteiger partial charge in [0.1, 0.15) is 23.8 Å². The zero-order valence-electron chi connectivity index (χ0n) is 12.5. The Bertz CT molecular complexity index is 728. The molecule has 1 aliphatic heterocycles. The molecular weight excluding hydrogens is 320 g/mol. The van der Waals surface area contributed by atoms with Crippen LogP contribution in [0.4, 0.5) is 0 Å². The van der Waals surface area contributed by atoms with E-state index >= 15 is 0 Å². The molecule has 7 nitrogen and oxygen atoms in total. The second-order valence-corrected chi connectivity index (χ2v) is 5.34. The van der Waals surface area contributed by atoms with E-state index in [0.29, 0.717) is 5.56 Å². The maximum absolute atomic E-state index is 12.2. The number of nitrogens with zero attached hydrogens (tertiary/aromatic N) is 1. The van der Waals surface area contributed by atoms with Crippen LogP contribution in [-0.4, -0.2) is 26.2 Å². The summed E-state index contributed by atoms with van der Waals surface area (Å²) in [5.74, 6) is -2.15. The van der Waals surface area contributed by atoms with Gasteiger partial charge >= 0.3 is 11.9 Å². The molecule has 23 heavy (non-hydrogen) atoms. The van der Waals surface area contributed by atoms with Crippen molar-refractivity contribution in [3.63, 3.8) is 0 Å². The van der Waals surface area contributed by atoms with Crippen molar-refractivity contribution in [2.45, 2.75) is 12.3 Å². The number of hydrogen-bond acceptors (Lipinski definition) is 8. The summed E-state index contributed by atoms with van der Waals surface area (Å²) >= 11 is 1.41. The smallest absolute Gasteiger partial charge is 0.338 e. The molecule has 1 atom stereocenters. The van der Waals surface area contributed by atoms with Crippen molar-refractivity contribution in [2.24, 2.45) is 5.73 Å². The van der Waals surface area contributed by atoms with Gasteiger partial charge in [-0.2, -0.15) is 16.6 Å². The minimum absolute atomic E-state index is 0.0244. The summed E-state index contributed by atoms with van der Waals surface area (Å²) in [5.41, 5.74) is 6.66. The van der Waals surface area contributed by atoms with Crippen LogP contribution in [-0.2, 0) is 23.8 Å². The molecule has 0 radical (unpaired) electrons. The van der Waals surface area contributed by atoms with Crippen LogP contribution < -0.4 is 5.73 Å². The number of ether oxygens (including phenoxy) is 3. The van der Waals surface area contributed by atoms with Gasteiger partial charge in [-0.15, -0.1) is 0 Å². The fourth-order valence-electron chi connectivity index (χ4n) is 2.26. The molecule has 1 aromatic heterocycles. The van der Waals surface area contributed by atoms with Crippen molar-refractivity contribution >= 4 is 23.3 Å². The van der Waals surface area contributed by atoms with Crippen LogP contribution in [0.1, 0.15) is 17.9 Å². The maximum atomic E-state index is 12.2. The predicted molar refractivity (Wildman–Crippen MR) is 80.6 cm³/mol. The van der Waals surface area contributed by atoms with Crippen molar-refractivity contribution in [3.05, 3.63) is 45.2 Å². The second-order valence-electron chi connectivity index (χ2n) is 4.56. The van der Waals surface area contributed by atoms with Gasteiger partial charge < -0.3 is 19.9 Å². The van der Waals surface area contributed by atoms with E-state index in [1.807, 2.05) is 11.4 Å². The zero-order chi connectivity index (χ0) is 17.0. The fourth-order valence-corrected chi connectivity index (χ4v) is 2.94. The lowest BCUT2D eigenvalue weighted by Gasteiger charge is -2.26. The molecule has 0 aromatic carbocycles. The lowest BCUT2D eigenvalue weighted by molar-refractivity contribution is -0.140. The Balaban J connectivity index is 2.62. The van der Waals surface area contributed by atoms with E-state index in [1.54, 1.807) is 11.4 Å². The van der Waals surface area contributed by atoms with Crippen LogP contribution in [0.15, 0.2) is 39.6 Å². The predicted octanol–water partition coefficient (Wildman–Crippen LogP) is 1.55. The molecule has 0 saturated heterocycles. The second kappa shape index (κ2) is 6.98. The summed E-state index contributed by atoms with van der Waals surface area (Å²) in [6, 6.07) is 3.73. The summed E-state index contributed by atoms with van der Waals surface area (Å²) in [6.45, 7) is 0. The van der Waals surface area contributed by atoms with Crippen LogP contribution in [0.5, 0.6) is 0 Å². The third-order valence-corrected chi connectivity index (χ3v) is 4.01. The first-order valence-corrected chi connectivity index (χ1v) is 7.45. The highest BCUT2D eigenvalue weighted by Crippen LogP contribution is 2.41. The molecular formula is C15H14N2O5S. The van der Waals surface area contributed by atoms with E-state index < -0.39 is 17.9 Å². The van der Waals surface area contributed by atoms with Gasteiger partial charge in [-0.1, -0.05) is 0 Å². The largest absolute Gasteiger partial charge is 0.469 e. The number of thiophene rings is 1. The number of nitriles is 1. The Kier molecular flexibility index (Phi) is 5.03. The third-order valence-electron chi connectivity index (χ3n) is 3.31. The van der Waals surface area contributed by atoms with Crippen molar-refractivity contribution in [3.8, 4) is 6.07 Å². The number of hydrogen-bond donors (Lipinski definition) is 1. The number of esters is 2. The van der Waals surface area contributed by atoms with Crippen LogP contribution in [0.2, 0.25) is 0 Å². The van der Waals surface area contributed by atoms with Gasteiger partial charge in [0.25, 0.3) is 0 Å². The van der Waals surface area contributed by atoms with Crippen LogP contribution in [0.3, 0.4) is 0 Å². The minimum Gasteiger partial charge on any atom is -0.469 e. The number of allylic oxidation sites excluding steroid dienone is 1. The van der Waals surface area contributed by atoms with Crippen molar-refractivity contribution in [1.82, 2.24) is 0 Å². The first kappa shape index (κ1) is 16.6. The molecule has 1 aromatic rings. The summed E-state index contributed by atoms with van der Waals surface area (Å²) in [4.78, 5) is 23.8. The van der Waals surface area contributed by atoms with Crippen LogP contribution >= 0.6 is 11.3 Å². The van der Waals surface area contributed by atoms with Crippen molar-refractivity contribution < 1.29 is 23.8 Å². The van der Waals surface area contributed by atoms with E-state index in [-0.39, 0.29) is 29.2 Å². The molecule has 0 amide bonds. The zero-order valence-corrected chi connectivity index (χ0v) is 13.3. The highest BCUT2D eigenvalue weighted by molar-refractivity contribution is 7.08. The molecule has 1 aliphatic rings. The monoisotopic (exact) mass is 334 g/mol. The quantitative estimate of drug-likeness (QED) is 0.831. The highest BCUT2D eigenvalue weighted by atomic mass is 32.1. The first-order valence-electron chi connectivity index (χ1n) is 6.51. The lowest BCUT2D eigenvalue weighted by atomic mass is 9.84. The summed E-state index contributed by atoms with van der Waals surface area (Å²) in [7, 11) is 2.43. The molecule has 2 heterocycles. The first-order chi connectivity index (χ1) is 11.0. The third kappa shape index (κ3) is 3.19. The van der Waals surface area contributed by atoms with Gasteiger partial charge in [0.2, 0.25) is 5.88 Å². The van der Waals surface area contributed by atoms with Crippen LogP contribution in [0, 0.1) is 11.3 Å². The maximum Gasteiger partial charge on any atom is 0.338 e. The van der Waals surface area contributed by atoms with Crippen molar-refractivity contribution in [2.75, 3.05) is 14.2 Å². The molecule has 120 valence electrons. The molecule has 8 heteroatoms. The number of rotatable bonds is 4. The van der Waals surface area contributed by atoms with E-state index in [9.17, 15) is 14.9 Å². The van der Waals surface area contributed by atoms with Gasteiger partial charge in [0.15, 0.2) is 0 Å². The van der Waals surface area contributed by atoms with E-state index in [2.05, 4.69) is 4.74 Å². The number of carbonyl (C=O) groups excluding carboxylic acids is 2. The minimum atomic E-state index is -0.743. The summed E-state index contributed by atoms with van der Waals surface area (Å²) in [6.07, 6.45) is -0.291. The Morgan fingerprint density at radius 1 is 1.43 bits per heavy atom. The van der Waals surface area contributed by atoms with Crippen molar-refractivity contribution in [1.29, 1.82) is 5.26 Å². The Labute approximate surface area is 136 Å². The average molecular weight is 334 g/mol. The Morgan fingerprint density at radius 3 is 2.70 bits per heavy atom. The van der Waals surface area contributed by atoms with E-state index in [4.69, 9.17) is 15.2 Å². The van der Waals surface area contributed by atoms with Gasteiger partial charge in [-0.05, 0) is 22.4 Å². The molecule has 0 bridgehead atoms. The lowest BCUT2D eigenvalue weighted by Crippen LogP contribution is -2.26. The Hall–Kier alpha value is -2.79. The van der Waals surface area contributed by atoms with Gasteiger partial charge in [0.05, 0.1) is 25.7 Å². The number of carbonyl (C=O) groups is 2. The van der Waals surface area contributed by atoms with Gasteiger partial charge in [-0.3, -0.25) is 4.79 Å². The number of methoxy groups -OCH3 is 2. The molecule has 2 rings (SSSR count). The van der Waals surface area contributed by atoms with Gasteiger partial charge in [0, 0.05) is 0 Å². The average Bonchev–Trinajstić information content (AvgIpc) is 3.07. The van der Waals surface area contributed by atoms with E-state index in [0.717, 1.165) is 0 Å². The molecule has 0 fully saturated rings. The topological polar surface area (TPSA) is 112 Å². The molecule has 0 spiro atoms. The summed E-state index contributed by atoms with van der Waals surface area (Å²) in [5, 5.41) is 13.0. The number of nitrogens with two attached hydrogens (primary N) is 1. The van der Waals surface area contributed by atoms with Crippen LogP contribution in [0.25, 0.3) is 0 Å². The highest BCUT2D eigenvalue weighted by Gasteiger charge is 2.38. The standard InChI is InChI=1S/C15H14N2O5S/c1-20-11(18)5-10-13(15(19)21-2)12(8-3-4-23-7-8)9(6-16)14(17)22-10/h3-4,7,12H,5,17H2,1-2H3. The fraction of sp³-hybridized carbons (Fsp3) is 0.267. The molecule has 1 unspecified atom stereocenters.